The number of nitrogens with one attached hydrogen (secondary N) is 1. The number of carboxylic acids is 1. The van der Waals surface area contributed by atoms with Gasteiger partial charge in [0.15, 0.2) is 5.69 Å². The molecule has 0 spiro atoms. The molecule has 0 bridgehead atoms. The van der Waals surface area contributed by atoms with Crippen molar-refractivity contribution in [3.05, 3.63) is 17.8 Å². The lowest BCUT2D eigenvalue weighted by Gasteiger charge is -2.22. The summed E-state index contributed by atoms with van der Waals surface area (Å²) in [4.78, 5) is 14.8. The van der Waals surface area contributed by atoms with Crippen molar-refractivity contribution >= 4 is 29.2 Å². The van der Waals surface area contributed by atoms with Crippen LogP contribution in [0.3, 0.4) is 0 Å². The zero-order valence-electron chi connectivity index (χ0n) is 10.1. The van der Waals surface area contributed by atoms with E-state index in [0.717, 1.165) is 6.54 Å². The Morgan fingerprint density at radius 2 is 2.39 bits per heavy atom. The quantitative estimate of drug-likeness (QED) is 0.774. The van der Waals surface area contributed by atoms with Gasteiger partial charge in [-0.3, -0.25) is 0 Å². The van der Waals surface area contributed by atoms with Crippen molar-refractivity contribution in [3.8, 4) is 0 Å². The second-order valence-corrected chi connectivity index (χ2v) is 5.72. The Hall–Kier alpha value is -1.43. The molecule has 0 aliphatic carbocycles. The second-order valence-electron chi connectivity index (χ2n) is 4.31. The summed E-state index contributed by atoms with van der Waals surface area (Å²) in [5.74, 6) is 0.635. The van der Waals surface area contributed by atoms with E-state index in [4.69, 9.17) is 10.8 Å². The van der Waals surface area contributed by atoms with Crippen LogP contribution >= 0.6 is 11.8 Å². The highest BCUT2D eigenvalue weighted by atomic mass is 32.2. The van der Waals surface area contributed by atoms with Crippen LogP contribution in [0.15, 0.2) is 12.1 Å². The first-order chi connectivity index (χ1) is 8.66. The summed E-state index contributed by atoms with van der Waals surface area (Å²) >= 11 is 1.95. The van der Waals surface area contributed by atoms with E-state index < -0.39 is 5.97 Å². The van der Waals surface area contributed by atoms with Crippen molar-refractivity contribution in [3.63, 3.8) is 0 Å². The van der Waals surface area contributed by atoms with Gasteiger partial charge in [-0.15, -0.1) is 0 Å². The van der Waals surface area contributed by atoms with Gasteiger partial charge in [-0.25, -0.2) is 9.78 Å². The van der Waals surface area contributed by atoms with Gasteiger partial charge in [-0.2, -0.15) is 11.8 Å². The monoisotopic (exact) mass is 267 g/mol. The van der Waals surface area contributed by atoms with Gasteiger partial charge in [0.1, 0.15) is 5.82 Å². The number of nitrogens with two attached hydrogens (primary N) is 1. The Morgan fingerprint density at radius 1 is 1.56 bits per heavy atom. The average Bonchev–Trinajstić information content (AvgIpc) is 2.38. The number of thioether (sulfide) groups is 1. The van der Waals surface area contributed by atoms with E-state index in [9.17, 15) is 4.79 Å². The zero-order valence-corrected chi connectivity index (χ0v) is 10.9. The fraction of sp³-hybridized carbons (Fsp3) is 0.500. The number of pyridine rings is 1. The molecule has 1 aromatic rings. The normalized spacial score (nSPS) is 19.4. The average molecular weight is 267 g/mol. The maximum absolute atomic E-state index is 10.8. The first-order valence-corrected chi connectivity index (χ1v) is 7.07. The minimum absolute atomic E-state index is 0.0167. The van der Waals surface area contributed by atoms with Crippen LogP contribution in [-0.4, -0.2) is 33.6 Å². The Labute approximate surface area is 110 Å². The summed E-state index contributed by atoms with van der Waals surface area (Å²) in [5, 5.41) is 12.6. The molecule has 0 aromatic carbocycles. The molecule has 18 heavy (non-hydrogen) atoms. The van der Waals surface area contributed by atoms with E-state index in [0.29, 0.717) is 16.8 Å². The van der Waals surface area contributed by atoms with Gasteiger partial charge in [0.25, 0.3) is 0 Å². The maximum Gasteiger partial charge on any atom is 0.354 e. The summed E-state index contributed by atoms with van der Waals surface area (Å²) in [7, 11) is 0. The van der Waals surface area contributed by atoms with Crippen LogP contribution in [0.1, 0.15) is 29.8 Å². The van der Waals surface area contributed by atoms with Crippen molar-refractivity contribution in [2.24, 2.45) is 0 Å². The summed E-state index contributed by atoms with van der Waals surface area (Å²) in [5.41, 5.74) is 6.28. The smallest absolute Gasteiger partial charge is 0.354 e. The van der Waals surface area contributed by atoms with E-state index in [-0.39, 0.29) is 5.69 Å². The number of carbonyl (C=O) groups is 1. The first kappa shape index (κ1) is 13.0. The van der Waals surface area contributed by atoms with Crippen molar-refractivity contribution in [1.29, 1.82) is 0 Å². The van der Waals surface area contributed by atoms with Crippen LogP contribution in [0.4, 0.5) is 11.5 Å². The number of nitrogens with zero attached hydrogens (tertiary/aromatic N) is 1. The van der Waals surface area contributed by atoms with E-state index in [2.05, 4.69) is 10.3 Å². The Morgan fingerprint density at radius 3 is 3.06 bits per heavy atom. The third-order valence-electron chi connectivity index (χ3n) is 2.92. The first-order valence-electron chi connectivity index (χ1n) is 6.02. The van der Waals surface area contributed by atoms with Gasteiger partial charge >= 0.3 is 5.97 Å². The zero-order chi connectivity index (χ0) is 13.0. The molecular formula is C12H17N3O2S. The highest BCUT2D eigenvalue weighted by molar-refractivity contribution is 7.99. The molecule has 1 aromatic heterocycles. The molecule has 0 saturated carbocycles. The molecule has 98 valence electrons. The number of rotatable bonds is 4. The van der Waals surface area contributed by atoms with Crippen LogP contribution in [0, 0.1) is 0 Å². The highest BCUT2D eigenvalue weighted by Crippen LogP contribution is 2.25. The predicted molar refractivity (Wildman–Crippen MR) is 74.2 cm³/mol. The number of nitrogen functional groups attached to an aromatic ring is 1. The van der Waals surface area contributed by atoms with Crippen molar-refractivity contribution < 1.29 is 9.90 Å². The van der Waals surface area contributed by atoms with Gasteiger partial charge in [0.05, 0.1) is 5.69 Å². The number of aromatic nitrogens is 1. The fourth-order valence-corrected chi connectivity index (χ4v) is 3.15. The molecule has 2 heterocycles. The van der Waals surface area contributed by atoms with Gasteiger partial charge in [-0.05, 0) is 30.7 Å². The lowest BCUT2D eigenvalue weighted by Crippen LogP contribution is -2.21. The van der Waals surface area contributed by atoms with E-state index in [1.807, 2.05) is 11.8 Å². The summed E-state index contributed by atoms with van der Waals surface area (Å²) in [6, 6.07) is 2.99. The molecule has 6 heteroatoms. The molecule has 0 radical (unpaired) electrons. The number of hydrogen-bond acceptors (Lipinski definition) is 5. The predicted octanol–water partition coefficient (Wildman–Crippen LogP) is 2.06. The highest BCUT2D eigenvalue weighted by Gasteiger charge is 2.15. The van der Waals surface area contributed by atoms with Crippen LogP contribution in [0.5, 0.6) is 0 Å². The second kappa shape index (κ2) is 5.95. The van der Waals surface area contributed by atoms with E-state index in [1.165, 1.54) is 31.1 Å². The molecular weight excluding hydrogens is 250 g/mol. The topological polar surface area (TPSA) is 88.2 Å². The standard InChI is InChI=1S/C12H17N3O2S/c13-9-4-5-10(12(16)17)15-11(9)14-7-8-3-1-2-6-18-8/h4-5,8H,1-3,6-7,13H2,(H,14,15)(H,16,17). The van der Waals surface area contributed by atoms with Crippen LogP contribution in [0.25, 0.3) is 0 Å². The molecule has 1 aliphatic rings. The largest absolute Gasteiger partial charge is 0.477 e. The lowest BCUT2D eigenvalue weighted by molar-refractivity contribution is 0.0690. The lowest BCUT2D eigenvalue weighted by atomic mass is 10.2. The summed E-state index contributed by atoms with van der Waals surface area (Å²) in [6.07, 6.45) is 3.74. The number of hydrogen-bond donors (Lipinski definition) is 3. The molecule has 1 atom stereocenters. The maximum atomic E-state index is 10.8. The van der Waals surface area contributed by atoms with Gasteiger partial charge in [0, 0.05) is 11.8 Å². The summed E-state index contributed by atoms with van der Waals surface area (Å²) in [6.45, 7) is 0.783. The van der Waals surface area contributed by atoms with Crippen molar-refractivity contribution in [2.45, 2.75) is 24.5 Å². The molecule has 1 fully saturated rings. The van der Waals surface area contributed by atoms with E-state index in [1.54, 1.807) is 6.07 Å². The number of carboxylic acid groups (broad SMARTS) is 1. The minimum Gasteiger partial charge on any atom is -0.477 e. The number of aromatic carboxylic acids is 1. The van der Waals surface area contributed by atoms with Crippen LogP contribution < -0.4 is 11.1 Å². The Kier molecular flexibility index (Phi) is 4.30. The van der Waals surface area contributed by atoms with Crippen LogP contribution in [-0.2, 0) is 0 Å². The summed E-state index contributed by atoms with van der Waals surface area (Å²) < 4.78 is 0. The van der Waals surface area contributed by atoms with Crippen molar-refractivity contribution in [2.75, 3.05) is 23.3 Å². The van der Waals surface area contributed by atoms with Gasteiger partial charge < -0.3 is 16.2 Å². The molecule has 1 unspecified atom stereocenters. The van der Waals surface area contributed by atoms with Crippen LogP contribution in [0.2, 0.25) is 0 Å². The van der Waals surface area contributed by atoms with Gasteiger partial charge in [0.2, 0.25) is 0 Å². The molecule has 0 amide bonds. The molecule has 4 N–H and O–H groups in total. The SMILES string of the molecule is Nc1ccc(C(=O)O)nc1NCC1CCCCS1. The van der Waals surface area contributed by atoms with E-state index >= 15 is 0 Å². The molecule has 2 rings (SSSR count). The molecule has 5 nitrogen and oxygen atoms in total. The Bertz CT molecular complexity index is 433. The molecule has 1 saturated heterocycles. The number of anilines is 2. The third-order valence-corrected chi connectivity index (χ3v) is 4.31. The fourth-order valence-electron chi connectivity index (χ4n) is 1.91. The Balaban J connectivity index is 1.99. The van der Waals surface area contributed by atoms with Crippen molar-refractivity contribution in [1.82, 2.24) is 4.98 Å². The minimum atomic E-state index is -1.04. The van der Waals surface area contributed by atoms with Gasteiger partial charge in [-0.1, -0.05) is 6.42 Å². The third kappa shape index (κ3) is 3.29. The molecule has 1 aliphatic heterocycles.